The van der Waals surface area contributed by atoms with Crippen LogP contribution in [0.4, 0.5) is 0 Å². The Kier molecular flexibility index (Phi) is 24.5. The Labute approximate surface area is 51.5 Å². The van der Waals surface area contributed by atoms with Gasteiger partial charge in [0.15, 0.2) is 0 Å². The molecule has 2 nitrogen and oxygen atoms in total. The van der Waals surface area contributed by atoms with Gasteiger partial charge in [-0.1, -0.05) is 0 Å². The molecule has 0 aromatic heterocycles. The Morgan fingerprint density at radius 1 is 1.67 bits per heavy atom. The van der Waals surface area contributed by atoms with E-state index >= 15 is 0 Å². The molecule has 0 spiro atoms. The van der Waals surface area contributed by atoms with E-state index in [0.717, 1.165) is 0 Å². The number of Topliss-reactive ketones (excluding diaryl/α,β-unsaturated/α-hetero) is 1. The summed E-state index contributed by atoms with van der Waals surface area (Å²) in [5.74, 6) is -0.0833. The van der Waals surface area contributed by atoms with Gasteiger partial charge in [0.05, 0.1) is 0 Å². The first-order chi connectivity index (χ1) is 1.73. The minimum atomic E-state index is -0.0833. The Morgan fingerprint density at radius 2 is 1.67 bits per heavy atom. The second kappa shape index (κ2) is 8.95. The van der Waals surface area contributed by atoms with Crippen molar-refractivity contribution in [2.24, 2.45) is 0 Å². The molecule has 0 aromatic carbocycles. The summed E-state index contributed by atoms with van der Waals surface area (Å²) < 4.78 is 0. The van der Waals surface area contributed by atoms with Gasteiger partial charge < -0.3 is 17.2 Å². The third-order valence-corrected chi connectivity index (χ3v) is 0. The van der Waals surface area contributed by atoms with E-state index in [-0.39, 0.29) is 32.3 Å². The van der Waals surface area contributed by atoms with Gasteiger partial charge in [-0.2, -0.15) is 0 Å². The van der Waals surface area contributed by atoms with Gasteiger partial charge in [0.25, 0.3) is 0 Å². The summed E-state index contributed by atoms with van der Waals surface area (Å²) in [6.45, 7) is 4.42. The molecule has 0 saturated carbocycles. The van der Waals surface area contributed by atoms with E-state index in [9.17, 15) is 4.79 Å². The molecule has 0 aromatic rings. The van der Waals surface area contributed by atoms with Gasteiger partial charge in [0.2, 0.25) is 0 Å². The Balaban J connectivity index is -0.0000000450. The number of hydrogen-bond acceptors (Lipinski definition) is 1. The number of carbonyl (C=O) groups is 1. The molecule has 0 fully saturated rings. The standard InChI is InChI=1S/C3H5O.H2O.W/c1-3(2)4;;/h1H2,2H3;1H2;/q-1;;. The van der Waals surface area contributed by atoms with E-state index in [1.807, 2.05) is 0 Å². The third-order valence-electron chi connectivity index (χ3n) is 0. The van der Waals surface area contributed by atoms with E-state index in [1.165, 1.54) is 6.92 Å². The van der Waals surface area contributed by atoms with Gasteiger partial charge >= 0.3 is 0 Å². The summed E-state index contributed by atoms with van der Waals surface area (Å²) in [5.41, 5.74) is 0. The quantitative estimate of drug-likeness (QED) is 0.545. The van der Waals surface area contributed by atoms with Crippen molar-refractivity contribution < 1.29 is 31.3 Å². The SMILES string of the molecule is O.[CH2-]C(C)=O.[W]. The van der Waals surface area contributed by atoms with Crippen molar-refractivity contribution in [1.82, 2.24) is 0 Å². The predicted octanol–water partition coefficient (Wildman–Crippen LogP) is -0.418. The number of hydrogen-bond donors (Lipinski definition) is 0. The molecule has 3 heteroatoms. The Morgan fingerprint density at radius 3 is 1.67 bits per heavy atom. The largest absolute Gasteiger partial charge is 0.412 e. The first-order valence-corrected chi connectivity index (χ1v) is 1.06. The van der Waals surface area contributed by atoms with Crippen molar-refractivity contribution >= 4 is 5.78 Å². The molecular formula is C3H7O2W-. The Hall–Kier alpha value is 0.188. The molecule has 0 atom stereocenters. The third kappa shape index (κ3) is 1200. The number of rotatable bonds is 0. The van der Waals surface area contributed by atoms with Crippen LogP contribution in [0, 0.1) is 6.92 Å². The fourth-order valence-corrected chi connectivity index (χ4v) is 0. The molecular weight excluding hydrogens is 252 g/mol. The molecule has 0 unspecified atom stereocenters. The zero-order valence-electron chi connectivity index (χ0n) is 3.52. The zero-order chi connectivity index (χ0) is 3.58. The molecule has 0 saturated heterocycles. The first-order valence-electron chi connectivity index (χ1n) is 1.06. The van der Waals surface area contributed by atoms with Gasteiger partial charge in [-0.25, -0.2) is 0 Å². The second-order valence-electron chi connectivity index (χ2n) is 0.702. The van der Waals surface area contributed by atoms with Crippen LogP contribution in [0.1, 0.15) is 6.92 Å². The molecule has 0 rings (SSSR count). The molecule has 0 aliphatic carbocycles. The van der Waals surface area contributed by atoms with Crippen molar-refractivity contribution in [3.63, 3.8) is 0 Å². The van der Waals surface area contributed by atoms with Crippen molar-refractivity contribution in [3.05, 3.63) is 6.92 Å². The van der Waals surface area contributed by atoms with Crippen molar-refractivity contribution in [3.8, 4) is 0 Å². The van der Waals surface area contributed by atoms with Crippen molar-refractivity contribution in [1.29, 1.82) is 0 Å². The maximum absolute atomic E-state index is 9.33. The van der Waals surface area contributed by atoms with Gasteiger partial charge in [-0.15, -0.1) is 0 Å². The van der Waals surface area contributed by atoms with E-state index in [4.69, 9.17) is 0 Å². The maximum Gasteiger partial charge on any atom is 0 e. The molecule has 0 radical (unpaired) electrons. The van der Waals surface area contributed by atoms with Gasteiger partial charge in [-0.3, -0.25) is 0 Å². The van der Waals surface area contributed by atoms with Crippen LogP contribution in [0.25, 0.3) is 0 Å². The molecule has 0 bridgehead atoms. The summed E-state index contributed by atoms with van der Waals surface area (Å²) in [5, 5.41) is 0. The average molecular weight is 259 g/mol. The summed E-state index contributed by atoms with van der Waals surface area (Å²) in [6.07, 6.45) is 0. The van der Waals surface area contributed by atoms with Crippen molar-refractivity contribution in [2.75, 3.05) is 0 Å². The van der Waals surface area contributed by atoms with E-state index in [1.54, 1.807) is 0 Å². The van der Waals surface area contributed by atoms with Gasteiger partial charge in [0.1, 0.15) is 0 Å². The summed E-state index contributed by atoms with van der Waals surface area (Å²) >= 11 is 0. The summed E-state index contributed by atoms with van der Waals surface area (Å²) in [6, 6.07) is 0. The maximum atomic E-state index is 9.33. The van der Waals surface area contributed by atoms with E-state index in [2.05, 4.69) is 6.92 Å². The fourth-order valence-electron chi connectivity index (χ4n) is 0. The summed E-state index contributed by atoms with van der Waals surface area (Å²) in [7, 11) is 0. The van der Waals surface area contributed by atoms with E-state index < -0.39 is 0 Å². The van der Waals surface area contributed by atoms with E-state index in [0.29, 0.717) is 0 Å². The second-order valence-corrected chi connectivity index (χ2v) is 0.702. The molecule has 38 valence electrons. The molecule has 0 aliphatic heterocycles. The topological polar surface area (TPSA) is 48.6 Å². The minimum absolute atomic E-state index is 0. The average Bonchev–Trinajstić information content (AvgIpc) is 0.811. The van der Waals surface area contributed by atoms with Crippen LogP contribution in [0.15, 0.2) is 0 Å². The molecule has 0 heterocycles. The number of ketones is 1. The van der Waals surface area contributed by atoms with Crippen LogP contribution in [0.3, 0.4) is 0 Å². The minimum Gasteiger partial charge on any atom is -0.412 e. The van der Waals surface area contributed by atoms with Crippen LogP contribution < -0.4 is 0 Å². The van der Waals surface area contributed by atoms with Crippen LogP contribution in [-0.4, -0.2) is 11.3 Å². The van der Waals surface area contributed by atoms with Crippen LogP contribution >= 0.6 is 0 Å². The smallest absolute Gasteiger partial charge is 0 e. The van der Waals surface area contributed by atoms with Crippen LogP contribution in [0.5, 0.6) is 0 Å². The Bertz CT molecular complexity index is 31.8. The molecule has 6 heavy (non-hydrogen) atoms. The van der Waals surface area contributed by atoms with Crippen LogP contribution in [0.2, 0.25) is 0 Å². The monoisotopic (exact) mass is 259 g/mol. The van der Waals surface area contributed by atoms with Crippen molar-refractivity contribution in [2.45, 2.75) is 6.92 Å². The first kappa shape index (κ1) is 16.4. The zero-order valence-corrected chi connectivity index (χ0v) is 6.46. The molecule has 0 amide bonds. The van der Waals surface area contributed by atoms with Crippen LogP contribution in [-0.2, 0) is 25.9 Å². The number of carbonyl (C=O) groups excluding carboxylic acids is 1. The predicted molar refractivity (Wildman–Crippen MR) is 19.7 cm³/mol. The fraction of sp³-hybridized carbons (Fsp3) is 0.333. The molecule has 2 N–H and O–H groups in total. The summed E-state index contributed by atoms with van der Waals surface area (Å²) in [4.78, 5) is 9.33. The normalized spacial score (nSPS) is 4.17. The van der Waals surface area contributed by atoms with Gasteiger partial charge in [-0.05, 0) is 12.7 Å². The molecule has 0 aliphatic rings. The van der Waals surface area contributed by atoms with Gasteiger partial charge in [0, 0.05) is 21.1 Å².